The van der Waals surface area contributed by atoms with Crippen molar-refractivity contribution in [1.29, 1.82) is 0 Å². The molecule has 2 aliphatic rings. The first kappa shape index (κ1) is 21.9. The molecule has 7 nitrogen and oxygen atoms in total. The van der Waals surface area contributed by atoms with E-state index in [1.54, 1.807) is 11.0 Å². The van der Waals surface area contributed by atoms with Crippen molar-refractivity contribution in [1.82, 2.24) is 14.9 Å². The summed E-state index contributed by atoms with van der Waals surface area (Å²) in [6, 6.07) is 11.4. The second-order valence-electron chi connectivity index (χ2n) is 8.51. The summed E-state index contributed by atoms with van der Waals surface area (Å²) in [5, 5.41) is 4.13. The Hall–Kier alpha value is -3.89. The summed E-state index contributed by atoms with van der Waals surface area (Å²) in [5.74, 6) is 3.88. The van der Waals surface area contributed by atoms with Gasteiger partial charge < -0.3 is 15.0 Å². The van der Waals surface area contributed by atoms with Gasteiger partial charge in [-0.1, -0.05) is 24.5 Å². The highest BCUT2D eigenvalue weighted by Gasteiger charge is 2.24. The Bertz CT molecular complexity index is 1270. The highest BCUT2D eigenvalue weighted by atomic mass is 16.5. The maximum atomic E-state index is 13.1. The molecule has 1 amide bonds. The van der Waals surface area contributed by atoms with E-state index < -0.39 is 0 Å². The average Bonchev–Trinajstić information content (AvgIpc) is 2.88. The van der Waals surface area contributed by atoms with Crippen molar-refractivity contribution in [2.45, 2.75) is 19.3 Å². The molecule has 0 atom stereocenters. The van der Waals surface area contributed by atoms with E-state index in [1.807, 2.05) is 42.5 Å². The lowest BCUT2D eigenvalue weighted by molar-refractivity contribution is -0.114. The maximum Gasteiger partial charge on any atom is 0.250 e. The van der Waals surface area contributed by atoms with Crippen molar-refractivity contribution in [2.24, 2.45) is 0 Å². The first-order valence-electron chi connectivity index (χ1n) is 11.7. The molecule has 172 valence electrons. The number of aromatic nitrogens is 2. The molecule has 0 radical (unpaired) electrons. The Morgan fingerprint density at radius 2 is 2.03 bits per heavy atom. The van der Waals surface area contributed by atoms with Crippen LogP contribution in [0.2, 0.25) is 0 Å². The molecule has 0 spiro atoms. The number of hydrogen-bond acceptors (Lipinski definition) is 6. The van der Waals surface area contributed by atoms with Gasteiger partial charge in [-0.3, -0.25) is 9.69 Å². The third kappa shape index (κ3) is 4.73. The van der Waals surface area contributed by atoms with E-state index in [9.17, 15) is 4.79 Å². The molecule has 0 saturated carbocycles. The fourth-order valence-electron chi connectivity index (χ4n) is 4.45. The number of anilines is 3. The van der Waals surface area contributed by atoms with Crippen molar-refractivity contribution >= 4 is 34.0 Å². The van der Waals surface area contributed by atoms with Gasteiger partial charge in [-0.25, -0.2) is 9.97 Å². The zero-order chi connectivity index (χ0) is 23.3. The summed E-state index contributed by atoms with van der Waals surface area (Å²) in [4.78, 5) is 26.1. The average molecular weight is 454 g/mol. The van der Waals surface area contributed by atoms with Gasteiger partial charge in [0.05, 0.1) is 17.7 Å². The third-order valence-electron chi connectivity index (χ3n) is 6.21. The molecule has 1 aromatic heterocycles. The highest BCUT2D eigenvalue weighted by molar-refractivity contribution is 6.05. The Labute approximate surface area is 199 Å². The van der Waals surface area contributed by atoms with E-state index in [-0.39, 0.29) is 5.91 Å². The van der Waals surface area contributed by atoms with Crippen molar-refractivity contribution in [2.75, 3.05) is 43.0 Å². The minimum atomic E-state index is -0.0472. The Morgan fingerprint density at radius 1 is 1.15 bits per heavy atom. The number of piperidine rings is 1. The van der Waals surface area contributed by atoms with Crippen LogP contribution in [-0.4, -0.2) is 53.6 Å². The number of carbonyl (C=O) groups is 1. The summed E-state index contributed by atoms with van der Waals surface area (Å²) in [7, 11) is 0. The molecular weight excluding hydrogens is 426 g/mol. The summed E-state index contributed by atoms with van der Waals surface area (Å²) in [6.45, 7) is 3.94. The van der Waals surface area contributed by atoms with Crippen molar-refractivity contribution in [3.63, 3.8) is 0 Å². The Balaban J connectivity index is 1.41. The van der Waals surface area contributed by atoms with Crippen LogP contribution < -0.4 is 15.0 Å². The van der Waals surface area contributed by atoms with Crippen LogP contribution in [0.4, 0.5) is 17.2 Å². The normalized spacial score (nSPS) is 16.1. The number of carbonyl (C=O) groups excluding carboxylic acids is 1. The van der Waals surface area contributed by atoms with E-state index in [0.717, 1.165) is 47.5 Å². The Morgan fingerprint density at radius 3 is 2.88 bits per heavy atom. The van der Waals surface area contributed by atoms with Crippen LogP contribution in [0.3, 0.4) is 0 Å². The largest absolute Gasteiger partial charge is 0.489 e. The van der Waals surface area contributed by atoms with Gasteiger partial charge in [0.1, 0.15) is 24.5 Å². The number of ether oxygens (including phenoxy) is 1. The number of amides is 1. The predicted molar refractivity (Wildman–Crippen MR) is 134 cm³/mol. The number of hydrogen-bond donors (Lipinski definition) is 1. The molecule has 0 aliphatic carbocycles. The monoisotopic (exact) mass is 453 g/mol. The fourth-order valence-corrected chi connectivity index (χ4v) is 4.45. The number of likely N-dealkylation sites (tertiary alicyclic amines) is 1. The van der Waals surface area contributed by atoms with Gasteiger partial charge in [0, 0.05) is 35.3 Å². The third-order valence-corrected chi connectivity index (χ3v) is 6.21. The molecule has 3 heterocycles. The molecule has 2 aliphatic heterocycles. The van der Waals surface area contributed by atoms with Crippen LogP contribution in [0.1, 0.15) is 24.8 Å². The lowest BCUT2D eigenvalue weighted by Gasteiger charge is -2.29. The number of rotatable bonds is 5. The first-order valence-corrected chi connectivity index (χ1v) is 11.7. The number of terminal acetylenes is 1. The van der Waals surface area contributed by atoms with Crippen LogP contribution in [0.15, 0.2) is 54.9 Å². The molecule has 1 saturated heterocycles. The van der Waals surface area contributed by atoms with Gasteiger partial charge in [0.25, 0.3) is 5.91 Å². The molecule has 5 rings (SSSR count). The summed E-state index contributed by atoms with van der Waals surface area (Å²) in [6.07, 6.45) is 14.5. The van der Waals surface area contributed by atoms with E-state index in [0.29, 0.717) is 24.7 Å². The van der Waals surface area contributed by atoms with E-state index >= 15 is 0 Å². The molecular formula is C27H27N5O2. The van der Waals surface area contributed by atoms with Crippen molar-refractivity contribution in [3.05, 3.63) is 60.4 Å². The maximum absolute atomic E-state index is 13.1. The number of benzene rings is 2. The number of nitrogens with zero attached hydrogens (tertiary/aromatic N) is 4. The zero-order valence-electron chi connectivity index (χ0n) is 19.0. The van der Waals surface area contributed by atoms with Crippen LogP contribution >= 0.6 is 0 Å². The Kier molecular flexibility index (Phi) is 6.41. The predicted octanol–water partition coefficient (Wildman–Crippen LogP) is 4.12. The number of fused-ring (bicyclic) bond motifs is 2. The molecule has 0 bridgehead atoms. The molecule has 3 aromatic rings. The second-order valence-corrected chi connectivity index (χ2v) is 8.51. The molecule has 7 heteroatoms. The molecule has 2 aromatic carbocycles. The zero-order valence-corrected chi connectivity index (χ0v) is 19.0. The summed E-state index contributed by atoms with van der Waals surface area (Å²) < 4.78 is 5.87. The lowest BCUT2D eigenvalue weighted by Crippen LogP contribution is -2.37. The number of nitrogens with one attached hydrogen (secondary N) is 1. The van der Waals surface area contributed by atoms with E-state index in [2.05, 4.69) is 26.1 Å². The van der Waals surface area contributed by atoms with Crippen LogP contribution in [0.25, 0.3) is 10.9 Å². The molecule has 0 unspecified atom stereocenters. The standard InChI is InChI=1S/C27H27N5O2/c1-2-20-8-6-9-21(16-20)30-27-22-17-24-25(18-23(22)28-19-29-27)34-15-14-32(24)26(33)10-7-13-31-11-4-3-5-12-31/h1,6-10,16-19H,3-5,11-15H2,(H,28,29,30). The van der Waals surface area contributed by atoms with Gasteiger partial charge in [0.15, 0.2) is 0 Å². The minimum Gasteiger partial charge on any atom is -0.489 e. The van der Waals surface area contributed by atoms with Crippen LogP contribution in [0, 0.1) is 12.3 Å². The highest BCUT2D eigenvalue weighted by Crippen LogP contribution is 2.37. The summed E-state index contributed by atoms with van der Waals surface area (Å²) in [5.41, 5.74) is 3.07. The molecule has 1 fully saturated rings. The topological polar surface area (TPSA) is 70.6 Å². The molecule has 34 heavy (non-hydrogen) atoms. The minimum absolute atomic E-state index is 0.0472. The van der Waals surface area contributed by atoms with Crippen LogP contribution in [0.5, 0.6) is 5.75 Å². The van der Waals surface area contributed by atoms with Gasteiger partial charge in [-0.2, -0.15) is 0 Å². The first-order chi connectivity index (χ1) is 16.7. The van der Waals surface area contributed by atoms with Gasteiger partial charge in [-0.05, 0) is 50.2 Å². The quantitative estimate of drug-likeness (QED) is 0.463. The van der Waals surface area contributed by atoms with Crippen molar-refractivity contribution < 1.29 is 9.53 Å². The van der Waals surface area contributed by atoms with Gasteiger partial charge >= 0.3 is 0 Å². The van der Waals surface area contributed by atoms with Gasteiger partial charge in [-0.15, -0.1) is 6.42 Å². The lowest BCUT2D eigenvalue weighted by atomic mass is 10.1. The smallest absolute Gasteiger partial charge is 0.250 e. The second kappa shape index (κ2) is 9.94. The fraction of sp³-hybridized carbons (Fsp3) is 0.296. The van der Waals surface area contributed by atoms with Crippen LogP contribution in [-0.2, 0) is 4.79 Å². The van der Waals surface area contributed by atoms with E-state index in [1.165, 1.54) is 25.6 Å². The summed E-state index contributed by atoms with van der Waals surface area (Å²) >= 11 is 0. The van der Waals surface area contributed by atoms with E-state index in [4.69, 9.17) is 11.2 Å². The molecule has 1 N–H and O–H groups in total. The van der Waals surface area contributed by atoms with Crippen molar-refractivity contribution in [3.8, 4) is 18.1 Å². The SMILES string of the molecule is C#Cc1cccc(Nc2ncnc3cc4c(cc23)N(C(=O)C=CCN2CCCCC2)CCO4)c1. The van der Waals surface area contributed by atoms with Gasteiger partial charge in [0.2, 0.25) is 0 Å².